The minimum absolute atomic E-state index is 0.670. The highest BCUT2D eigenvalue weighted by Crippen LogP contribution is 2.19. The molecule has 0 spiro atoms. The van der Waals surface area contributed by atoms with Crippen molar-refractivity contribution in [2.24, 2.45) is 5.92 Å². The molecular formula is C22H30N6. The second-order valence-electron chi connectivity index (χ2n) is 8.40. The van der Waals surface area contributed by atoms with Gasteiger partial charge >= 0.3 is 0 Å². The smallest absolute Gasteiger partial charge is 0.0890 e. The van der Waals surface area contributed by atoms with Crippen LogP contribution in [0.5, 0.6) is 0 Å². The van der Waals surface area contributed by atoms with Gasteiger partial charge in [-0.15, -0.1) is 0 Å². The van der Waals surface area contributed by atoms with E-state index in [1.807, 2.05) is 24.3 Å². The molecule has 0 unspecified atom stereocenters. The van der Waals surface area contributed by atoms with Crippen molar-refractivity contribution in [3.05, 3.63) is 53.1 Å². The highest BCUT2D eigenvalue weighted by molar-refractivity contribution is 5.74. The lowest BCUT2D eigenvalue weighted by Crippen LogP contribution is -2.34. The molecule has 28 heavy (non-hydrogen) atoms. The van der Waals surface area contributed by atoms with Gasteiger partial charge in [-0.2, -0.15) is 5.10 Å². The van der Waals surface area contributed by atoms with Crippen molar-refractivity contribution in [1.82, 2.24) is 29.5 Å². The molecule has 0 aliphatic carbocycles. The Kier molecular flexibility index (Phi) is 5.42. The zero-order valence-corrected chi connectivity index (χ0v) is 17.4. The summed E-state index contributed by atoms with van der Waals surface area (Å²) >= 11 is 0. The van der Waals surface area contributed by atoms with E-state index in [4.69, 9.17) is 15.1 Å². The molecule has 0 atom stereocenters. The number of benzene rings is 1. The molecule has 4 rings (SSSR count). The molecule has 1 aromatic carbocycles. The standard InChI is InChI=1S/C22H30N6/c1-16(2)12-26(4)13-18-11-19-14-27(9-10-28(19)25-18)15-22-17(3)23-20-7-5-6-8-21(20)24-22/h5-8,11,16H,9-10,12-15H2,1-4H3. The molecule has 0 saturated heterocycles. The number of rotatable bonds is 6. The predicted molar refractivity (Wildman–Crippen MR) is 112 cm³/mol. The van der Waals surface area contributed by atoms with Crippen molar-refractivity contribution in [3.8, 4) is 0 Å². The Bertz CT molecular complexity index is 961. The zero-order valence-electron chi connectivity index (χ0n) is 17.4. The fourth-order valence-electron chi connectivity index (χ4n) is 4.04. The van der Waals surface area contributed by atoms with Crippen molar-refractivity contribution in [2.75, 3.05) is 20.1 Å². The predicted octanol–water partition coefficient (Wildman–Crippen LogP) is 3.24. The van der Waals surface area contributed by atoms with Crippen molar-refractivity contribution in [2.45, 2.75) is 47.0 Å². The van der Waals surface area contributed by atoms with Gasteiger partial charge in [-0.05, 0) is 38.1 Å². The third kappa shape index (κ3) is 4.23. The van der Waals surface area contributed by atoms with Crippen LogP contribution in [0.4, 0.5) is 0 Å². The highest BCUT2D eigenvalue weighted by Gasteiger charge is 2.20. The highest BCUT2D eigenvalue weighted by atomic mass is 15.3. The number of aryl methyl sites for hydroxylation is 1. The molecule has 3 heterocycles. The summed E-state index contributed by atoms with van der Waals surface area (Å²) in [7, 11) is 2.17. The topological polar surface area (TPSA) is 50.1 Å². The Morgan fingerprint density at radius 3 is 2.61 bits per heavy atom. The monoisotopic (exact) mass is 378 g/mol. The normalized spacial score (nSPS) is 14.9. The third-order valence-corrected chi connectivity index (χ3v) is 5.25. The average Bonchev–Trinajstić information content (AvgIpc) is 3.03. The molecule has 1 aliphatic rings. The lowest BCUT2D eigenvalue weighted by Gasteiger charge is -2.27. The lowest BCUT2D eigenvalue weighted by atomic mass is 10.2. The maximum Gasteiger partial charge on any atom is 0.0890 e. The number of aromatic nitrogens is 4. The van der Waals surface area contributed by atoms with Gasteiger partial charge in [-0.1, -0.05) is 26.0 Å². The maximum atomic E-state index is 4.86. The van der Waals surface area contributed by atoms with Gasteiger partial charge < -0.3 is 4.90 Å². The van der Waals surface area contributed by atoms with Gasteiger partial charge in [-0.3, -0.25) is 9.58 Å². The molecule has 0 fully saturated rings. The van der Waals surface area contributed by atoms with Crippen molar-refractivity contribution in [3.63, 3.8) is 0 Å². The van der Waals surface area contributed by atoms with E-state index >= 15 is 0 Å². The first-order chi connectivity index (χ1) is 13.5. The van der Waals surface area contributed by atoms with E-state index < -0.39 is 0 Å². The summed E-state index contributed by atoms with van der Waals surface area (Å²) in [5, 5.41) is 4.82. The first-order valence-electron chi connectivity index (χ1n) is 10.2. The number of nitrogens with zero attached hydrogens (tertiary/aromatic N) is 6. The average molecular weight is 379 g/mol. The number of hydrogen-bond donors (Lipinski definition) is 0. The van der Waals surface area contributed by atoms with Crippen LogP contribution < -0.4 is 0 Å². The van der Waals surface area contributed by atoms with Crippen LogP contribution in [0.2, 0.25) is 0 Å². The molecule has 6 heteroatoms. The molecule has 0 saturated carbocycles. The molecular weight excluding hydrogens is 348 g/mol. The Balaban J connectivity index is 1.45. The van der Waals surface area contributed by atoms with Gasteiger partial charge in [0.25, 0.3) is 0 Å². The van der Waals surface area contributed by atoms with Crippen molar-refractivity contribution in [1.29, 1.82) is 0 Å². The molecule has 0 bridgehead atoms. The van der Waals surface area contributed by atoms with Crippen LogP contribution in [0.25, 0.3) is 11.0 Å². The number of hydrogen-bond acceptors (Lipinski definition) is 5. The first-order valence-corrected chi connectivity index (χ1v) is 10.2. The minimum Gasteiger partial charge on any atom is -0.300 e. The molecule has 0 amide bonds. The van der Waals surface area contributed by atoms with Gasteiger partial charge in [0, 0.05) is 32.7 Å². The van der Waals surface area contributed by atoms with Crippen LogP contribution in [0, 0.1) is 12.8 Å². The Hall–Kier alpha value is -2.31. The fourth-order valence-corrected chi connectivity index (χ4v) is 4.04. The number of para-hydroxylation sites is 2. The van der Waals surface area contributed by atoms with Gasteiger partial charge in [0.1, 0.15) is 0 Å². The lowest BCUT2D eigenvalue weighted by molar-refractivity contribution is 0.202. The van der Waals surface area contributed by atoms with E-state index in [0.29, 0.717) is 5.92 Å². The molecule has 1 aliphatic heterocycles. The summed E-state index contributed by atoms with van der Waals surface area (Å²) < 4.78 is 2.17. The van der Waals surface area contributed by atoms with Crippen LogP contribution >= 0.6 is 0 Å². The van der Waals surface area contributed by atoms with E-state index in [2.05, 4.69) is 48.4 Å². The second-order valence-corrected chi connectivity index (χ2v) is 8.40. The summed E-state index contributed by atoms with van der Waals surface area (Å²) in [5.74, 6) is 0.670. The van der Waals surface area contributed by atoms with Gasteiger partial charge in [-0.25, -0.2) is 9.97 Å². The van der Waals surface area contributed by atoms with Crippen LogP contribution in [-0.2, 0) is 26.2 Å². The van der Waals surface area contributed by atoms with Gasteiger partial charge in [0.15, 0.2) is 0 Å². The molecule has 0 radical (unpaired) electrons. The van der Waals surface area contributed by atoms with Crippen LogP contribution in [0.15, 0.2) is 30.3 Å². The minimum atomic E-state index is 0.670. The summed E-state index contributed by atoms with van der Waals surface area (Å²) in [4.78, 5) is 14.4. The van der Waals surface area contributed by atoms with E-state index in [0.717, 1.165) is 61.7 Å². The summed E-state index contributed by atoms with van der Waals surface area (Å²) in [6.45, 7) is 12.2. The fraction of sp³-hybridized carbons (Fsp3) is 0.500. The molecule has 3 aromatic rings. The SMILES string of the molecule is Cc1nc2ccccc2nc1CN1CCn2nc(CN(C)CC(C)C)cc2C1. The van der Waals surface area contributed by atoms with E-state index in [-0.39, 0.29) is 0 Å². The molecule has 2 aromatic heterocycles. The van der Waals surface area contributed by atoms with Gasteiger partial charge in [0.05, 0.1) is 40.4 Å². The second kappa shape index (κ2) is 7.97. The number of fused-ring (bicyclic) bond motifs is 2. The Labute approximate surface area is 167 Å². The molecule has 148 valence electrons. The largest absolute Gasteiger partial charge is 0.300 e. The van der Waals surface area contributed by atoms with Crippen LogP contribution in [0.1, 0.15) is 36.6 Å². The van der Waals surface area contributed by atoms with Crippen LogP contribution in [-0.4, -0.2) is 49.7 Å². The van der Waals surface area contributed by atoms with E-state index in [9.17, 15) is 0 Å². The Morgan fingerprint density at radius 1 is 1.11 bits per heavy atom. The quantitative estimate of drug-likeness (QED) is 0.659. The van der Waals surface area contributed by atoms with Crippen LogP contribution in [0.3, 0.4) is 0 Å². The summed E-state index contributed by atoms with van der Waals surface area (Å²) in [6.07, 6.45) is 0. The molecule has 6 nitrogen and oxygen atoms in total. The maximum absolute atomic E-state index is 4.86. The third-order valence-electron chi connectivity index (χ3n) is 5.25. The van der Waals surface area contributed by atoms with Gasteiger partial charge in [0.2, 0.25) is 0 Å². The first kappa shape index (κ1) is 19.0. The Morgan fingerprint density at radius 2 is 1.86 bits per heavy atom. The van der Waals surface area contributed by atoms with E-state index in [1.54, 1.807) is 0 Å². The van der Waals surface area contributed by atoms with E-state index in [1.165, 1.54) is 11.4 Å². The summed E-state index contributed by atoms with van der Waals surface area (Å²) in [6, 6.07) is 10.4. The van der Waals surface area contributed by atoms with Crippen molar-refractivity contribution >= 4 is 11.0 Å². The van der Waals surface area contributed by atoms with Crippen molar-refractivity contribution < 1.29 is 0 Å². The zero-order chi connectivity index (χ0) is 19.7. The molecule has 0 N–H and O–H groups in total. The summed E-state index contributed by atoms with van der Waals surface area (Å²) in [5.41, 5.74) is 6.50.